The van der Waals surface area contributed by atoms with Crippen molar-refractivity contribution in [2.45, 2.75) is 0 Å². The molecule has 0 spiro atoms. The molecule has 130 valence electrons. The molecule has 0 saturated heterocycles. The van der Waals surface area contributed by atoms with Gasteiger partial charge in [0, 0.05) is 24.5 Å². The van der Waals surface area contributed by atoms with Crippen LogP contribution in [0.4, 0.5) is 11.4 Å². The monoisotopic (exact) mass is 370 g/mol. The number of amides is 1. The first-order valence-corrected chi connectivity index (χ1v) is 7.70. The Hall–Kier alpha value is -3.52. The van der Waals surface area contributed by atoms with Gasteiger partial charge >= 0.3 is 0 Å². The van der Waals surface area contributed by atoms with Crippen molar-refractivity contribution in [2.24, 2.45) is 0 Å². The molecule has 0 saturated carbocycles. The van der Waals surface area contributed by atoms with E-state index in [0.29, 0.717) is 11.4 Å². The summed E-state index contributed by atoms with van der Waals surface area (Å²) in [5, 5.41) is 13.4. The first kappa shape index (κ1) is 17.3. The fourth-order valence-corrected chi connectivity index (χ4v) is 2.22. The number of nitro groups is 1. The van der Waals surface area contributed by atoms with E-state index in [1.54, 1.807) is 18.3 Å². The summed E-state index contributed by atoms with van der Waals surface area (Å²) in [6.45, 7) is 0. The van der Waals surface area contributed by atoms with Crippen LogP contribution in [0.25, 0.3) is 0 Å². The molecule has 8 nitrogen and oxygen atoms in total. The normalized spacial score (nSPS) is 10.2. The summed E-state index contributed by atoms with van der Waals surface area (Å²) >= 11 is 6.12. The molecule has 0 unspecified atom stereocenters. The second kappa shape index (κ2) is 7.58. The van der Waals surface area contributed by atoms with E-state index < -0.39 is 10.8 Å². The minimum atomic E-state index is -0.509. The van der Waals surface area contributed by atoms with Crippen molar-refractivity contribution in [3.63, 3.8) is 0 Å². The van der Waals surface area contributed by atoms with Crippen LogP contribution in [0.1, 0.15) is 10.4 Å². The predicted octanol–water partition coefficient (Wildman–Crippen LogP) is 4.08. The Labute approximate surface area is 152 Å². The zero-order chi connectivity index (χ0) is 18.5. The van der Waals surface area contributed by atoms with Gasteiger partial charge in [0.25, 0.3) is 11.6 Å². The average molecular weight is 371 g/mol. The van der Waals surface area contributed by atoms with Crippen LogP contribution in [-0.2, 0) is 0 Å². The molecule has 9 heteroatoms. The van der Waals surface area contributed by atoms with Gasteiger partial charge in [-0.2, -0.15) is 0 Å². The van der Waals surface area contributed by atoms with Crippen molar-refractivity contribution in [1.82, 2.24) is 9.97 Å². The van der Waals surface area contributed by atoms with Gasteiger partial charge in [0.15, 0.2) is 0 Å². The molecule has 3 rings (SSSR count). The van der Waals surface area contributed by atoms with Gasteiger partial charge in [-0.15, -0.1) is 0 Å². The maximum Gasteiger partial charge on any atom is 0.269 e. The van der Waals surface area contributed by atoms with E-state index in [0.717, 1.165) is 0 Å². The van der Waals surface area contributed by atoms with E-state index >= 15 is 0 Å². The first-order valence-electron chi connectivity index (χ1n) is 7.32. The molecule has 3 aromatic rings. The van der Waals surface area contributed by atoms with Crippen molar-refractivity contribution in [3.8, 4) is 11.6 Å². The summed E-state index contributed by atoms with van der Waals surface area (Å²) in [6.07, 6.45) is 4.43. The molecule has 0 bridgehead atoms. The third-order valence-corrected chi connectivity index (χ3v) is 3.52. The molecule has 0 aliphatic heterocycles. The van der Waals surface area contributed by atoms with E-state index in [4.69, 9.17) is 16.3 Å². The molecule has 0 radical (unpaired) electrons. The Morgan fingerprint density at radius 1 is 1.19 bits per heavy atom. The highest BCUT2D eigenvalue weighted by Gasteiger charge is 2.13. The lowest BCUT2D eigenvalue weighted by Crippen LogP contribution is -2.12. The van der Waals surface area contributed by atoms with Gasteiger partial charge in [-0.25, -0.2) is 4.98 Å². The minimum absolute atomic E-state index is 0.0566. The van der Waals surface area contributed by atoms with E-state index in [-0.39, 0.29) is 22.2 Å². The highest BCUT2D eigenvalue weighted by Crippen LogP contribution is 2.29. The maximum absolute atomic E-state index is 12.2. The molecular formula is C17H11ClN4O4. The fourth-order valence-electron chi connectivity index (χ4n) is 2.01. The molecule has 1 N–H and O–H groups in total. The first-order chi connectivity index (χ1) is 12.5. The Balaban J connectivity index is 1.72. The van der Waals surface area contributed by atoms with Crippen LogP contribution in [0.5, 0.6) is 11.6 Å². The van der Waals surface area contributed by atoms with Gasteiger partial charge in [0.05, 0.1) is 22.4 Å². The largest absolute Gasteiger partial charge is 0.438 e. The van der Waals surface area contributed by atoms with Crippen molar-refractivity contribution >= 4 is 28.9 Å². The maximum atomic E-state index is 12.2. The predicted molar refractivity (Wildman–Crippen MR) is 94.6 cm³/mol. The minimum Gasteiger partial charge on any atom is -0.438 e. The number of benzene rings is 1. The number of rotatable bonds is 5. The van der Waals surface area contributed by atoms with E-state index in [9.17, 15) is 14.9 Å². The average Bonchev–Trinajstić information content (AvgIpc) is 2.64. The lowest BCUT2D eigenvalue weighted by Gasteiger charge is -2.08. The number of halogens is 1. The molecular weight excluding hydrogens is 360 g/mol. The number of pyridine rings is 2. The van der Waals surface area contributed by atoms with E-state index in [1.165, 1.54) is 42.7 Å². The summed E-state index contributed by atoms with van der Waals surface area (Å²) in [5.74, 6) is 0.0188. The second-order valence-corrected chi connectivity index (χ2v) is 5.47. The number of non-ortho nitro benzene ring substituents is 1. The zero-order valence-corrected chi connectivity index (χ0v) is 13.9. The van der Waals surface area contributed by atoms with Crippen molar-refractivity contribution < 1.29 is 14.5 Å². The molecule has 2 aromatic heterocycles. The number of anilines is 1. The zero-order valence-electron chi connectivity index (χ0n) is 13.1. The van der Waals surface area contributed by atoms with Gasteiger partial charge in [-0.3, -0.25) is 19.9 Å². The summed E-state index contributed by atoms with van der Waals surface area (Å²) in [4.78, 5) is 30.3. The number of hydrogen-bond acceptors (Lipinski definition) is 6. The Kier molecular flexibility index (Phi) is 5.04. The SMILES string of the molecule is O=C(Nc1cccnc1)c1cnc(Oc2ccc([N+](=O)[O-])cc2)c(Cl)c1. The smallest absolute Gasteiger partial charge is 0.269 e. The molecule has 1 amide bonds. The molecule has 0 atom stereocenters. The van der Waals surface area contributed by atoms with Gasteiger partial charge in [0.2, 0.25) is 5.88 Å². The van der Waals surface area contributed by atoms with Crippen LogP contribution in [0.3, 0.4) is 0 Å². The Morgan fingerprint density at radius 2 is 1.96 bits per heavy atom. The van der Waals surface area contributed by atoms with Crippen molar-refractivity contribution in [3.05, 3.63) is 81.8 Å². The molecule has 2 heterocycles. The molecule has 0 aliphatic rings. The van der Waals surface area contributed by atoms with E-state index in [1.807, 2.05) is 0 Å². The molecule has 26 heavy (non-hydrogen) atoms. The quantitative estimate of drug-likeness (QED) is 0.535. The highest BCUT2D eigenvalue weighted by atomic mass is 35.5. The number of aromatic nitrogens is 2. The van der Waals surface area contributed by atoms with E-state index in [2.05, 4.69) is 15.3 Å². The summed E-state index contributed by atoms with van der Waals surface area (Å²) in [5.41, 5.74) is 0.730. The standard InChI is InChI=1S/C17H11ClN4O4/c18-15-8-11(16(23)21-12-2-1-7-19-10-12)9-20-17(15)26-14-5-3-13(4-6-14)22(24)25/h1-10H,(H,21,23). The number of nitro benzene ring substituents is 1. The summed E-state index contributed by atoms with van der Waals surface area (Å²) < 4.78 is 5.49. The van der Waals surface area contributed by atoms with Crippen molar-refractivity contribution in [1.29, 1.82) is 0 Å². The van der Waals surface area contributed by atoms with Crippen LogP contribution in [0.2, 0.25) is 5.02 Å². The lowest BCUT2D eigenvalue weighted by molar-refractivity contribution is -0.384. The number of nitrogens with one attached hydrogen (secondary N) is 1. The fraction of sp³-hybridized carbons (Fsp3) is 0. The second-order valence-electron chi connectivity index (χ2n) is 5.06. The van der Waals surface area contributed by atoms with Crippen LogP contribution >= 0.6 is 11.6 Å². The topological polar surface area (TPSA) is 107 Å². The Morgan fingerprint density at radius 3 is 2.58 bits per heavy atom. The highest BCUT2D eigenvalue weighted by molar-refractivity contribution is 6.32. The van der Waals surface area contributed by atoms with Gasteiger partial charge in [0.1, 0.15) is 10.8 Å². The number of nitrogens with zero attached hydrogens (tertiary/aromatic N) is 3. The molecule has 1 aromatic carbocycles. The third-order valence-electron chi connectivity index (χ3n) is 3.25. The van der Waals surface area contributed by atoms with Gasteiger partial charge in [-0.1, -0.05) is 11.6 Å². The van der Waals surface area contributed by atoms with Crippen molar-refractivity contribution in [2.75, 3.05) is 5.32 Å². The molecule has 0 aliphatic carbocycles. The summed E-state index contributed by atoms with van der Waals surface area (Å²) in [7, 11) is 0. The number of hydrogen-bond donors (Lipinski definition) is 1. The van der Waals surface area contributed by atoms with Gasteiger partial charge in [-0.05, 0) is 30.3 Å². The number of carbonyl (C=O) groups is 1. The Bertz CT molecular complexity index is 949. The van der Waals surface area contributed by atoms with Crippen LogP contribution in [0, 0.1) is 10.1 Å². The number of ether oxygens (including phenoxy) is 1. The summed E-state index contributed by atoms with van der Waals surface area (Å²) in [6, 6.07) is 10.3. The lowest BCUT2D eigenvalue weighted by atomic mass is 10.2. The third kappa shape index (κ3) is 4.11. The van der Waals surface area contributed by atoms with Gasteiger partial charge < -0.3 is 10.1 Å². The van der Waals surface area contributed by atoms with Crippen LogP contribution in [-0.4, -0.2) is 20.8 Å². The molecule has 0 fully saturated rings. The van der Waals surface area contributed by atoms with Crippen LogP contribution in [0.15, 0.2) is 61.1 Å². The number of carbonyl (C=O) groups excluding carboxylic acids is 1. The van der Waals surface area contributed by atoms with Crippen LogP contribution < -0.4 is 10.1 Å².